The van der Waals surface area contributed by atoms with E-state index in [2.05, 4.69) is 49.5 Å². The van der Waals surface area contributed by atoms with Crippen LogP contribution in [0.2, 0.25) is 0 Å². The van der Waals surface area contributed by atoms with Crippen molar-refractivity contribution in [1.82, 2.24) is 0 Å². The Labute approximate surface area is 201 Å². The van der Waals surface area contributed by atoms with Crippen molar-refractivity contribution in [3.05, 3.63) is 88.2 Å². The summed E-state index contributed by atoms with van der Waals surface area (Å²) in [7, 11) is 1.65. The lowest BCUT2D eigenvalue weighted by Crippen LogP contribution is -2.10. The van der Waals surface area contributed by atoms with Crippen molar-refractivity contribution >= 4 is 28.1 Å². The molecule has 0 fully saturated rings. The van der Waals surface area contributed by atoms with E-state index < -0.39 is 0 Å². The molecular formula is C30H31NO3. The summed E-state index contributed by atoms with van der Waals surface area (Å²) >= 11 is 0. The third-order valence-corrected chi connectivity index (χ3v) is 6.33. The first-order valence-electron chi connectivity index (χ1n) is 11.4. The standard InChI is InChI=1S/C30H31NO3/c1-17-8-10-23(19(3)12-17)26-16-34-30-22(6)29(33-7)24(15-25(26)30)20(4)14-28(32)31-27-11-9-18(2)13-21(27)5/h8-16H,1-7H3,(H,31,32)/b20-14+. The van der Waals surface area contributed by atoms with Crippen LogP contribution in [0.4, 0.5) is 5.69 Å². The second kappa shape index (κ2) is 9.22. The number of furan rings is 1. The van der Waals surface area contributed by atoms with Gasteiger partial charge in [-0.05, 0) is 75.9 Å². The average Bonchev–Trinajstić information content (AvgIpc) is 3.19. The van der Waals surface area contributed by atoms with Crippen molar-refractivity contribution in [2.24, 2.45) is 0 Å². The minimum atomic E-state index is -0.175. The summed E-state index contributed by atoms with van der Waals surface area (Å²) in [4.78, 5) is 12.8. The zero-order valence-electron chi connectivity index (χ0n) is 20.9. The second-order valence-electron chi connectivity index (χ2n) is 9.06. The predicted octanol–water partition coefficient (Wildman–Crippen LogP) is 7.69. The Balaban J connectivity index is 1.78. The van der Waals surface area contributed by atoms with Gasteiger partial charge in [-0.1, -0.05) is 41.5 Å². The molecule has 0 radical (unpaired) electrons. The van der Waals surface area contributed by atoms with Gasteiger partial charge in [0.15, 0.2) is 0 Å². The van der Waals surface area contributed by atoms with E-state index in [4.69, 9.17) is 9.15 Å². The Kier molecular flexibility index (Phi) is 6.34. The van der Waals surface area contributed by atoms with Crippen molar-refractivity contribution < 1.29 is 13.9 Å². The smallest absolute Gasteiger partial charge is 0.248 e. The highest BCUT2D eigenvalue weighted by Crippen LogP contribution is 2.41. The highest BCUT2D eigenvalue weighted by atomic mass is 16.5. The number of nitrogens with one attached hydrogen (secondary N) is 1. The van der Waals surface area contributed by atoms with Crippen LogP contribution in [0.5, 0.6) is 5.75 Å². The number of ether oxygens (including phenoxy) is 1. The minimum absolute atomic E-state index is 0.175. The normalized spacial score (nSPS) is 11.7. The van der Waals surface area contributed by atoms with E-state index in [0.29, 0.717) is 5.75 Å². The van der Waals surface area contributed by atoms with Gasteiger partial charge < -0.3 is 14.5 Å². The van der Waals surface area contributed by atoms with Crippen molar-refractivity contribution in [3.63, 3.8) is 0 Å². The molecule has 0 bridgehead atoms. The summed E-state index contributed by atoms with van der Waals surface area (Å²) in [5, 5.41) is 4.00. The Hall–Kier alpha value is -3.79. The van der Waals surface area contributed by atoms with Crippen LogP contribution in [-0.2, 0) is 4.79 Å². The van der Waals surface area contributed by atoms with Crippen LogP contribution in [0, 0.1) is 34.6 Å². The number of anilines is 1. The minimum Gasteiger partial charge on any atom is -0.496 e. The molecule has 4 heteroatoms. The third-order valence-electron chi connectivity index (χ3n) is 6.33. The summed E-state index contributed by atoms with van der Waals surface area (Å²) in [6, 6.07) is 14.5. The molecule has 0 spiro atoms. The number of amides is 1. The maximum atomic E-state index is 12.8. The molecule has 1 N–H and O–H groups in total. The van der Waals surface area contributed by atoms with E-state index in [0.717, 1.165) is 55.6 Å². The molecule has 1 amide bonds. The molecule has 34 heavy (non-hydrogen) atoms. The lowest BCUT2D eigenvalue weighted by Gasteiger charge is -2.14. The lowest BCUT2D eigenvalue weighted by atomic mass is 9.94. The van der Waals surface area contributed by atoms with Gasteiger partial charge in [-0.25, -0.2) is 0 Å². The number of aryl methyl sites for hydroxylation is 5. The van der Waals surface area contributed by atoms with Gasteiger partial charge in [0, 0.05) is 33.8 Å². The van der Waals surface area contributed by atoms with E-state index in [1.807, 2.05) is 46.1 Å². The van der Waals surface area contributed by atoms with Crippen molar-refractivity contribution in [2.75, 3.05) is 12.4 Å². The molecule has 174 valence electrons. The molecule has 0 saturated carbocycles. The maximum absolute atomic E-state index is 12.8. The van der Waals surface area contributed by atoms with Crippen LogP contribution in [-0.4, -0.2) is 13.0 Å². The van der Waals surface area contributed by atoms with Crippen LogP contribution >= 0.6 is 0 Å². The highest BCUT2D eigenvalue weighted by molar-refractivity contribution is 6.06. The lowest BCUT2D eigenvalue weighted by molar-refractivity contribution is -0.111. The number of carbonyl (C=O) groups excluding carboxylic acids is 1. The first-order valence-corrected chi connectivity index (χ1v) is 11.4. The van der Waals surface area contributed by atoms with E-state index in [9.17, 15) is 4.79 Å². The van der Waals surface area contributed by atoms with Gasteiger partial charge in [0.1, 0.15) is 11.3 Å². The molecular weight excluding hydrogens is 422 g/mol. The molecule has 1 heterocycles. The zero-order chi connectivity index (χ0) is 24.6. The van der Waals surface area contributed by atoms with Crippen LogP contribution in [0.25, 0.3) is 27.7 Å². The Morgan fingerprint density at radius 1 is 0.912 bits per heavy atom. The van der Waals surface area contributed by atoms with E-state index >= 15 is 0 Å². The molecule has 0 aliphatic carbocycles. The largest absolute Gasteiger partial charge is 0.496 e. The van der Waals surface area contributed by atoms with Crippen molar-refractivity contribution in [2.45, 2.75) is 41.5 Å². The Bertz CT molecular complexity index is 1440. The average molecular weight is 454 g/mol. The number of hydrogen-bond acceptors (Lipinski definition) is 3. The first-order chi connectivity index (χ1) is 16.2. The van der Waals surface area contributed by atoms with Gasteiger partial charge in [-0.2, -0.15) is 0 Å². The van der Waals surface area contributed by atoms with Gasteiger partial charge >= 0.3 is 0 Å². The van der Waals surface area contributed by atoms with Crippen LogP contribution in [0.3, 0.4) is 0 Å². The highest BCUT2D eigenvalue weighted by Gasteiger charge is 2.19. The topological polar surface area (TPSA) is 51.5 Å². The van der Waals surface area contributed by atoms with E-state index in [1.165, 1.54) is 11.1 Å². The number of hydrogen-bond donors (Lipinski definition) is 1. The molecule has 0 atom stereocenters. The summed E-state index contributed by atoms with van der Waals surface area (Å²) < 4.78 is 11.8. The molecule has 0 aliphatic rings. The third kappa shape index (κ3) is 4.36. The summed E-state index contributed by atoms with van der Waals surface area (Å²) in [5.74, 6) is 0.535. The number of fused-ring (bicyclic) bond motifs is 1. The molecule has 4 aromatic rings. The van der Waals surface area contributed by atoms with Gasteiger partial charge in [-0.15, -0.1) is 0 Å². The molecule has 1 aromatic heterocycles. The first kappa shape index (κ1) is 23.4. The molecule has 4 nitrogen and oxygen atoms in total. The molecule has 0 unspecified atom stereocenters. The Morgan fingerprint density at radius 3 is 2.24 bits per heavy atom. The number of allylic oxidation sites excluding steroid dienone is 1. The summed E-state index contributed by atoms with van der Waals surface area (Å²) in [5.41, 5.74) is 11.0. The van der Waals surface area contributed by atoms with E-state index in [-0.39, 0.29) is 5.91 Å². The Morgan fingerprint density at radius 2 is 1.59 bits per heavy atom. The SMILES string of the molecule is COc1c(/C(C)=C/C(=O)Nc2ccc(C)cc2C)cc2c(-c3ccc(C)cc3C)coc2c1C. The van der Waals surface area contributed by atoms with Gasteiger partial charge in [-0.3, -0.25) is 4.79 Å². The number of methoxy groups -OCH3 is 1. The summed E-state index contributed by atoms with van der Waals surface area (Å²) in [6.07, 6.45) is 3.43. The second-order valence-corrected chi connectivity index (χ2v) is 9.06. The van der Waals surface area contributed by atoms with Gasteiger partial charge in [0.25, 0.3) is 0 Å². The molecule has 0 aliphatic heterocycles. The number of carbonyl (C=O) groups is 1. The van der Waals surface area contributed by atoms with E-state index in [1.54, 1.807) is 13.2 Å². The quantitative estimate of drug-likeness (QED) is 0.315. The maximum Gasteiger partial charge on any atom is 0.248 e. The zero-order valence-corrected chi connectivity index (χ0v) is 20.9. The summed E-state index contributed by atoms with van der Waals surface area (Å²) in [6.45, 7) is 12.2. The number of benzene rings is 3. The fraction of sp³-hybridized carbons (Fsp3) is 0.233. The fourth-order valence-corrected chi connectivity index (χ4v) is 4.59. The monoisotopic (exact) mass is 453 g/mol. The predicted molar refractivity (Wildman–Crippen MR) is 141 cm³/mol. The van der Waals surface area contributed by atoms with Crippen LogP contribution in [0.1, 0.15) is 40.3 Å². The van der Waals surface area contributed by atoms with Gasteiger partial charge in [0.2, 0.25) is 5.91 Å². The van der Waals surface area contributed by atoms with Gasteiger partial charge in [0.05, 0.1) is 13.4 Å². The molecule has 0 saturated heterocycles. The fourth-order valence-electron chi connectivity index (χ4n) is 4.59. The van der Waals surface area contributed by atoms with Crippen LogP contribution < -0.4 is 10.1 Å². The number of rotatable bonds is 5. The van der Waals surface area contributed by atoms with Crippen LogP contribution in [0.15, 0.2) is 59.2 Å². The molecule has 4 rings (SSSR count). The molecule has 3 aromatic carbocycles. The van der Waals surface area contributed by atoms with Crippen molar-refractivity contribution in [1.29, 1.82) is 0 Å². The van der Waals surface area contributed by atoms with Crippen molar-refractivity contribution in [3.8, 4) is 16.9 Å².